The topological polar surface area (TPSA) is 9.23 Å². The molecule has 0 aromatic carbocycles. The van der Waals surface area contributed by atoms with Crippen molar-refractivity contribution >= 4 is 0 Å². The average molecular weight is 295 g/mol. The van der Waals surface area contributed by atoms with E-state index in [0.717, 1.165) is 30.3 Å². The smallest absolute Gasteiger partial charge is 0.0575 e. The minimum absolute atomic E-state index is 0.583. The van der Waals surface area contributed by atoms with Gasteiger partial charge in [0.15, 0.2) is 0 Å². The van der Waals surface area contributed by atoms with E-state index in [1.165, 1.54) is 70.6 Å². The molecule has 0 aliphatic heterocycles. The molecule has 3 atom stereocenters. The summed E-state index contributed by atoms with van der Waals surface area (Å²) in [6.07, 6.45) is 16.0. The Balaban J connectivity index is 1.70. The van der Waals surface area contributed by atoms with Gasteiger partial charge >= 0.3 is 0 Å². The van der Waals surface area contributed by atoms with E-state index >= 15 is 0 Å². The molecule has 1 heteroatoms. The van der Waals surface area contributed by atoms with Crippen LogP contribution in [0.3, 0.4) is 0 Å². The zero-order chi connectivity index (χ0) is 15.1. The third kappa shape index (κ3) is 5.27. The second kappa shape index (κ2) is 9.18. The van der Waals surface area contributed by atoms with Gasteiger partial charge in [0.2, 0.25) is 0 Å². The van der Waals surface area contributed by atoms with E-state index < -0.39 is 0 Å². The highest BCUT2D eigenvalue weighted by molar-refractivity contribution is 4.85. The zero-order valence-corrected chi connectivity index (χ0v) is 14.8. The second-order valence-electron chi connectivity index (χ2n) is 7.87. The van der Waals surface area contributed by atoms with Gasteiger partial charge in [0.1, 0.15) is 0 Å². The number of hydrogen-bond donors (Lipinski definition) is 0. The standard InChI is InChI=1S/C20H38O/c1-4-6-14-21-19-11-9-18(10-12-19)20-13-8-17(7-5-2)15-16(20)3/h16-20H,4-15H2,1-3H3. The summed E-state index contributed by atoms with van der Waals surface area (Å²) < 4.78 is 6.03. The Morgan fingerprint density at radius 2 is 1.67 bits per heavy atom. The van der Waals surface area contributed by atoms with Gasteiger partial charge in [-0.2, -0.15) is 0 Å². The molecule has 2 aliphatic rings. The van der Waals surface area contributed by atoms with Gasteiger partial charge in [-0.15, -0.1) is 0 Å². The monoisotopic (exact) mass is 294 g/mol. The first kappa shape index (κ1) is 17.3. The molecule has 0 spiro atoms. The van der Waals surface area contributed by atoms with Gasteiger partial charge in [-0.25, -0.2) is 0 Å². The minimum atomic E-state index is 0.583. The number of hydrogen-bond acceptors (Lipinski definition) is 1. The SMILES string of the molecule is CCCCOC1CCC(C2CCC(CCC)CC2C)CC1. The molecule has 2 saturated carbocycles. The Morgan fingerprint density at radius 3 is 2.29 bits per heavy atom. The van der Waals surface area contributed by atoms with Gasteiger partial charge in [-0.3, -0.25) is 0 Å². The van der Waals surface area contributed by atoms with E-state index in [0.29, 0.717) is 6.10 Å². The minimum Gasteiger partial charge on any atom is -0.378 e. The van der Waals surface area contributed by atoms with E-state index in [4.69, 9.17) is 4.74 Å². The highest BCUT2D eigenvalue weighted by Crippen LogP contribution is 2.44. The van der Waals surface area contributed by atoms with E-state index in [1.54, 1.807) is 0 Å². The molecule has 3 unspecified atom stereocenters. The Labute approximate surface area is 133 Å². The van der Waals surface area contributed by atoms with Crippen LogP contribution < -0.4 is 0 Å². The summed E-state index contributed by atoms with van der Waals surface area (Å²) >= 11 is 0. The first-order valence-electron chi connectivity index (χ1n) is 9.86. The van der Waals surface area contributed by atoms with E-state index in [9.17, 15) is 0 Å². The van der Waals surface area contributed by atoms with Crippen molar-refractivity contribution in [1.82, 2.24) is 0 Å². The number of ether oxygens (including phenoxy) is 1. The fourth-order valence-electron chi connectivity index (χ4n) is 4.98. The molecule has 0 N–H and O–H groups in total. The average Bonchev–Trinajstić information content (AvgIpc) is 2.49. The van der Waals surface area contributed by atoms with Crippen molar-refractivity contribution in [2.24, 2.45) is 23.7 Å². The molecule has 0 aromatic heterocycles. The van der Waals surface area contributed by atoms with Crippen LogP contribution in [0.2, 0.25) is 0 Å². The third-order valence-electron chi connectivity index (χ3n) is 6.22. The summed E-state index contributed by atoms with van der Waals surface area (Å²) in [5.74, 6) is 4.04. The van der Waals surface area contributed by atoms with Crippen molar-refractivity contribution in [3.8, 4) is 0 Å². The highest BCUT2D eigenvalue weighted by Gasteiger charge is 2.34. The lowest BCUT2D eigenvalue weighted by atomic mass is 9.65. The maximum atomic E-state index is 6.03. The van der Waals surface area contributed by atoms with Gasteiger partial charge in [0.25, 0.3) is 0 Å². The van der Waals surface area contributed by atoms with Crippen molar-refractivity contribution in [3.63, 3.8) is 0 Å². The van der Waals surface area contributed by atoms with Crippen molar-refractivity contribution in [2.75, 3.05) is 6.61 Å². The van der Waals surface area contributed by atoms with Crippen LogP contribution in [0.5, 0.6) is 0 Å². The lowest BCUT2D eigenvalue weighted by Gasteiger charge is -2.41. The first-order valence-corrected chi connectivity index (χ1v) is 9.86. The molecular weight excluding hydrogens is 256 g/mol. The molecule has 1 nitrogen and oxygen atoms in total. The summed E-state index contributed by atoms with van der Waals surface area (Å²) in [7, 11) is 0. The van der Waals surface area contributed by atoms with E-state index in [1.807, 2.05) is 0 Å². The maximum Gasteiger partial charge on any atom is 0.0575 e. The molecular formula is C20H38O. The molecule has 0 radical (unpaired) electrons. The van der Waals surface area contributed by atoms with Crippen molar-refractivity contribution in [1.29, 1.82) is 0 Å². The Morgan fingerprint density at radius 1 is 0.905 bits per heavy atom. The van der Waals surface area contributed by atoms with Crippen LogP contribution in [-0.4, -0.2) is 12.7 Å². The fraction of sp³-hybridized carbons (Fsp3) is 1.00. The number of unbranched alkanes of at least 4 members (excludes halogenated alkanes) is 1. The predicted octanol–water partition coefficient (Wildman–Crippen LogP) is 6.21. The predicted molar refractivity (Wildman–Crippen MR) is 91.5 cm³/mol. The Bertz CT molecular complexity index is 267. The van der Waals surface area contributed by atoms with Crippen LogP contribution in [0.15, 0.2) is 0 Å². The van der Waals surface area contributed by atoms with E-state index in [2.05, 4.69) is 20.8 Å². The lowest BCUT2D eigenvalue weighted by Crippen LogP contribution is -2.33. The summed E-state index contributed by atoms with van der Waals surface area (Å²) in [5.41, 5.74) is 0. The zero-order valence-electron chi connectivity index (χ0n) is 14.8. The normalized spacial score (nSPS) is 37.6. The van der Waals surface area contributed by atoms with Gasteiger partial charge in [0, 0.05) is 6.61 Å². The third-order valence-corrected chi connectivity index (χ3v) is 6.22. The highest BCUT2D eigenvalue weighted by atomic mass is 16.5. The Hall–Kier alpha value is -0.0400. The van der Waals surface area contributed by atoms with Gasteiger partial charge in [-0.05, 0) is 68.6 Å². The molecule has 2 aliphatic carbocycles. The van der Waals surface area contributed by atoms with Crippen LogP contribution >= 0.6 is 0 Å². The summed E-state index contributed by atoms with van der Waals surface area (Å²) in [6, 6.07) is 0. The van der Waals surface area contributed by atoms with Gasteiger partial charge in [-0.1, -0.05) is 46.5 Å². The van der Waals surface area contributed by atoms with Crippen molar-refractivity contribution in [2.45, 2.75) is 97.5 Å². The molecule has 0 bridgehead atoms. The van der Waals surface area contributed by atoms with Crippen molar-refractivity contribution < 1.29 is 4.74 Å². The van der Waals surface area contributed by atoms with Crippen LogP contribution in [0.4, 0.5) is 0 Å². The molecule has 2 fully saturated rings. The molecule has 0 aromatic rings. The number of rotatable bonds is 7. The van der Waals surface area contributed by atoms with E-state index in [-0.39, 0.29) is 0 Å². The summed E-state index contributed by atoms with van der Waals surface area (Å²) in [5, 5.41) is 0. The summed E-state index contributed by atoms with van der Waals surface area (Å²) in [6.45, 7) is 8.12. The molecule has 21 heavy (non-hydrogen) atoms. The van der Waals surface area contributed by atoms with Crippen LogP contribution in [-0.2, 0) is 4.74 Å². The maximum absolute atomic E-state index is 6.03. The second-order valence-corrected chi connectivity index (χ2v) is 7.87. The quantitative estimate of drug-likeness (QED) is 0.507. The van der Waals surface area contributed by atoms with Crippen molar-refractivity contribution in [3.05, 3.63) is 0 Å². The van der Waals surface area contributed by atoms with Crippen LogP contribution in [0.1, 0.15) is 91.4 Å². The molecule has 124 valence electrons. The first-order chi connectivity index (χ1) is 10.2. The summed E-state index contributed by atoms with van der Waals surface area (Å²) in [4.78, 5) is 0. The van der Waals surface area contributed by atoms with Crippen LogP contribution in [0.25, 0.3) is 0 Å². The molecule has 2 rings (SSSR count). The molecule has 0 saturated heterocycles. The van der Waals surface area contributed by atoms with Gasteiger partial charge in [0.05, 0.1) is 6.10 Å². The van der Waals surface area contributed by atoms with Gasteiger partial charge < -0.3 is 4.74 Å². The molecule has 0 heterocycles. The Kier molecular flexibility index (Phi) is 7.57. The largest absolute Gasteiger partial charge is 0.378 e. The van der Waals surface area contributed by atoms with Crippen LogP contribution in [0, 0.1) is 23.7 Å². The lowest BCUT2D eigenvalue weighted by molar-refractivity contribution is -0.000782. The fourth-order valence-corrected chi connectivity index (χ4v) is 4.98. The molecule has 0 amide bonds.